The quantitative estimate of drug-likeness (QED) is 0.505. The second kappa shape index (κ2) is 6.66. The molecule has 0 rings (SSSR count). The largest absolute Gasteiger partial charge is 0.463 e. The van der Waals surface area contributed by atoms with E-state index < -0.39 is 6.10 Å². The van der Waals surface area contributed by atoms with Crippen LogP contribution >= 0.6 is 0 Å². The Morgan fingerprint density at radius 1 is 1.62 bits per heavy atom. The molecule has 0 bridgehead atoms. The van der Waals surface area contributed by atoms with Crippen molar-refractivity contribution in [1.29, 1.82) is 0 Å². The third-order valence-corrected chi connectivity index (χ3v) is 1.59. The van der Waals surface area contributed by atoms with Crippen LogP contribution in [0.4, 0.5) is 0 Å². The molecular formula is C10H18O3. The van der Waals surface area contributed by atoms with Crippen LogP contribution in [0.15, 0.2) is 12.7 Å². The number of allylic oxidation sites excluding steroid dienone is 1. The Morgan fingerprint density at radius 3 is 2.69 bits per heavy atom. The first-order chi connectivity index (χ1) is 6.07. The van der Waals surface area contributed by atoms with E-state index in [4.69, 9.17) is 4.74 Å². The van der Waals surface area contributed by atoms with Gasteiger partial charge in [-0.05, 0) is 12.8 Å². The molecule has 1 atom stereocenters. The lowest BCUT2D eigenvalue weighted by atomic mass is 10.2. The van der Waals surface area contributed by atoms with Gasteiger partial charge in [0.05, 0.1) is 12.0 Å². The van der Waals surface area contributed by atoms with E-state index in [9.17, 15) is 9.90 Å². The van der Waals surface area contributed by atoms with E-state index >= 15 is 0 Å². The van der Waals surface area contributed by atoms with Crippen molar-refractivity contribution in [2.45, 2.75) is 32.8 Å². The van der Waals surface area contributed by atoms with Gasteiger partial charge in [0.25, 0.3) is 0 Å². The Hall–Kier alpha value is -0.830. The molecule has 3 nitrogen and oxygen atoms in total. The monoisotopic (exact) mass is 186 g/mol. The highest BCUT2D eigenvalue weighted by atomic mass is 16.5. The van der Waals surface area contributed by atoms with Gasteiger partial charge in [-0.2, -0.15) is 0 Å². The minimum atomic E-state index is -0.569. The molecule has 0 fully saturated rings. The standard InChI is InChI=1S/C10H18O3/c1-4-5-6-9(11)7-13-10(12)8(2)3/h4,8-9,11H,1,5-7H2,2-3H3. The molecule has 0 spiro atoms. The first kappa shape index (κ1) is 12.2. The molecule has 0 amide bonds. The first-order valence-corrected chi connectivity index (χ1v) is 4.53. The summed E-state index contributed by atoms with van der Waals surface area (Å²) in [4.78, 5) is 11.0. The summed E-state index contributed by atoms with van der Waals surface area (Å²) in [6, 6.07) is 0. The number of carbonyl (C=O) groups is 1. The summed E-state index contributed by atoms with van der Waals surface area (Å²) in [6.07, 6.45) is 2.49. The van der Waals surface area contributed by atoms with Gasteiger partial charge in [0, 0.05) is 0 Å². The van der Waals surface area contributed by atoms with E-state index in [2.05, 4.69) is 6.58 Å². The molecule has 0 radical (unpaired) electrons. The first-order valence-electron chi connectivity index (χ1n) is 4.53. The van der Waals surface area contributed by atoms with Crippen LogP contribution < -0.4 is 0 Å². The zero-order valence-electron chi connectivity index (χ0n) is 8.32. The van der Waals surface area contributed by atoms with Crippen LogP contribution in [0.25, 0.3) is 0 Å². The SMILES string of the molecule is C=CCCC(O)COC(=O)C(C)C. The minimum Gasteiger partial charge on any atom is -0.463 e. The third-order valence-electron chi connectivity index (χ3n) is 1.59. The average molecular weight is 186 g/mol. The molecule has 76 valence electrons. The maximum absolute atomic E-state index is 11.0. The number of hydrogen-bond donors (Lipinski definition) is 1. The van der Waals surface area contributed by atoms with E-state index in [1.54, 1.807) is 19.9 Å². The molecule has 13 heavy (non-hydrogen) atoms. The number of carbonyl (C=O) groups excluding carboxylic acids is 1. The van der Waals surface area contributed by atoms with E-state index in [-0.39, 0.29) is 18.5 Å². The fourth-order valence-electron chi connectivity index (χ4n) is 0.739. The maximum Gasteiger partial charge on any atom is 0.308 e. The molecule has 0 aliphatic rings. The number of aliphatic hydroxyl groups excluding tert-OH is 1. The molecule has 0 heterocycles. The molecule has 3 heteroatoms. The highest BCUT2D eigenvalue weighted by Crippen LogP contribution is 2.01. The summed E-state index contributed by atoms with van der Waals surface area (Å²) >= 11 is 0. The number of ether oxygens (including phenoxy) is 1. The van der Waals surface area contributed by atoms with E-state index in [1.807, 2.05) is 0 Å². The van der Waals surface area contributed by atoms with E-state index in [1.165, 1.54) is 0 Å². The lowest BCUT2D eigenvalue weighted by Gasteiger charge is -2.11. The van der Waals surface area contributed by atoms with Crippen molar-refractivity contribution in [3.63, 3.8) is 0 Å². The highest BCUT2D eigenvalue weighted by Gasteiger charge is 2.10. The van der Waals surface area contributed by atoms with Gasteiger partial charge in [-0.25, -0.2) is 0 Å². The molecule has 0 aliphatic heterocycles. The second-order valence-electron chi connectivity index (χ2n) is 3.30. The van der Waals surface area contributed by atoms with Gasteiger partial charge in [0.2, 0.25) is 0 Å². The van der Waals surface area contributed by atoms with Gasteiger partial charge >= 0.3 is 5.97 Å². The van der Waals surface area contributed by atoms with Crippen molar-refractivity contribution in [2.24, 2.45) is 5.92 Å². The van der Waals surface area contributed by atoms with E-state index in [0.717, 1.165) is 6.42 Å². The topological polar surface area (TPSA) is 46.5 Å². The minimum absolute atomic E-state index is 0.0881. The van der Waals surface area contributed by atoms with Crippen LogP contribution in [0.5, 0.6) is 0 Å². The molecule has 1 unspecified atom stereocenters. The Morgan fingerprint density at radius 2 is 2.23 bits per heavy atom. The Kier molecular flexibility index (Phi) is 6.24. The lowest BCUT2D eigenvalue weighted by molar-refractivity contribution is -0.150. The number of rotatable bonds is 6. The van der Waals surface area contributed by atoms with E-state index in [0.29, 0.717) is 6.42 Å². The summed E-state index contributed by atoms with van der Waals surface area (Å²) in [5.74, 6) is -0.399. The smallest absolute Gasteiger partial charge is 0.308 e. The van der Waals surface area contributed by atoms with Crippen LogP contribution in [0.3, 0.4) is 0 Å². The molecule has 0 aromatic rings. The predicted molar refractivity (Wildman–Crippen MR) is 51.2 cm³/mol. The molecule has 1 N–H and O–H groups in total. The van der Waals surface area contributed by atoms with Crippen molar-refractivity contribution < 1.29 is 14.6 Å². The highest BCUT2D eigenvalue weighted by molar-refractivity contribution is 5.71. The zero-order valence-corrected chi connectivity index (χ0v) is 8.32. The van der Waals surface area contributed by atoms with Crippen LogP contribution in [0.1, 0.15) is 26.7 Å². The summed E-state index contributed by atoms with van der Waals surface area (Å²) in [7, 11) is 0. The van der Waals surface area contributed by atoms with Crippen LogP contribution in [0.2, 0.25) is 0 Å². The maximum atomic E-state index is 11.0. The van der Waals surface area contributed by atoms with Crippen LogP contribution in [-0.2, 0) is 9.53 Å². The summed E-state index contributed by atoms with van der Waals surface area (Å²) in [5, 5.41) is 9.29. The Bertz CT molecular complexity index is 164. The third kappa shape index (κ3) is 6.34. The van der Waals surface area contributed by atoms with Gasteiger partial charge in [0.15, 0.2) is 0 Å². The van der Waals surface area contributed by atoms with Crippen molar-refractivity contribution in [2.75, 3.05) is 6.61 Å². The normalized spacial score (nSPS) is 12.6. The van der Waals surface area contributed by atoms with Crippen molar-refractivity contribution in [3.8, 4) is 0 Å². The predicted octanol–water partition coefficient (Wildman–Crippen LogP) is 1.51. The number of aliphatic hydroxyl groups is 1. The fraction of sp³-hybridized carbons (Fsp3) is 0.700. The molecule has 0 aliphatic carbocycles. The van der Waals surface area contributed by atoms with Crippen LogP contribution in [0, 0.1) is 5.92 Å². The molecule has 0 saturated heterocycles. The summed E-state index contributed by atoms with van der Waals surface area (Å²) in [5.41, 5.74) is 0. The van der Waals surface area contributed by atoms with Gasteiger partial charge in [-0.15, -0.1) is 6.58 Å². The fourth-order valence-corrected chi connectivity index (χ4v) is 0.739. The molecule has 0 aromatic heterocycles. The number of hydrogen-bond acceptors (Lipinski definition) is 3. The summed E-state index contributed by atoms with van der Waals surface area (Å²) in [6.45, 7) is 7.15. The van der Waals surface area contributed by atoms with Gasteiger partial charge in [-0.3, -0.25) is 4.79 Å². The van der Waals surface area contributed by atoms with Crippen molar-refractivity contribution >= 4 is 5.97 Å². The average Bonchev–Trinajstić information content (AvgIpc) is 2.10. The zero-order chi connectivity index (χ0) is 10.3. The molecular weight excluding hydrogens is 168 g/mol. The summed E-state index contributed by atoms with van der Waals surface area (Å²) < 4.78 is 4.84. The van der Waals surface area contributed by atoms with Gasteiger partial charge in [0.1, 0.15) is 6.61 Å². The van der Waals surface area contributed by atoms with Gasteiger partial charge in [-0.1, -0.05) is 19.9 Å². The Labute approximate surface area is 79.4 Å². The lowest BCUT2D eigenvalue weighted by Crippen LogP contribution is -2.20. The second-order valence-corrected chi connectivity index (χ2v) is 3.30. The molecule has 0 saturated carbocycles. The molecule has 0 aromatic carbocycles. The Balaban J connectivity index is 3.51. The van der Waals surface area contributed by atoms with Crippen LogP contribution in [-0.4, -0.2) is 23.8 Å². The van der Waals surface area contributed by atoms with Crippen molar-refractivity contribution in [1.82, 2.24) is 0 Å². The van der Waals surface area contributed by atoms with Crippen molar-refractivity contribution in [3.05, 3.63) is 12.7 Å². The number of esters is 1. The van der Waals surface area contributed by atoms with Gasteiger partial charge < -0.3 is 9.84 Å².